The molecule has 0 radical (unpaired) electrons. The second kappa shape index (κ2) is 7.61. The minimum Gasteiger partial charge on any atom is -0.386 e. The summed E-state index contributed by atoms with van der Waals surface area (Å²) in [6.07, 6.45) is 5.87. The lowest BCUT2D eigenvalue weighted by molar-refractivity contribution is 0.0253. The fourth-order valence-corrected chi connectivity index (χ4v) is 2.95. The zero-order valence-corrected chi connectivity index (χ0v) is 14.9. The molecular weight excluding hydrogens is 334 g/mol. The van der Waals surface area contributed by atoms with Crippen molar-refractivity contribution in [2.45, 2.75) is 25.4 Å². The second-order valence-electron chi connectivity index (χ2n) is 6.49. The summed E-state index contributed by atoms with van der Waals surface area (Å²) in [5, 5.41) is 16.7. The highest BCUT2D eigenvalue weighted by Gasteiger charge is 2.34. The number of aryl methyl sites for hydroxylation is 1. The number of piperidine rings is 1. The van der Waals surface area contributed by atoms with E-state index in [1.54, 1.807) is 20.2 Å². The van der Waals surface area contributed by atoms with E-state index in [4.69, 9.17) is 0 Å². The first-order chi connectivity index (χ1) is 12.5. The lowest BCUT2D eigenvalue weighted by Crippen LogP contribution is -2.54. The van der Waals surface area contributed by atoms with Gasteiger partial charge in [0.15, 0.2) is 0 Å². The van der Waals surface area contributed by atoms with Gasteiger partial charge in [0.2, 0.25) is 0 Å². The average Bonchev–Trinajstić information content (AvgIpc) is 2.67. The predicted octanol–water partition coefficient (Wildman–Crippen LogP) is 0.378. The number of carbonyl (C=O) groups is 1. The van der Waals surface area contributed by atoms with Crippen LogP contribution in [-0.4, -0.2) is 63.2 Å². The van der Waals surface area contributed by atoms with Crippen LogP contribution in [0.1, 0.15) is 29.0 Å². The van der Waals surface area contributed by atoms with Gasteiger partial charge < -0.3 is 20.6 Å². The zero-order chi connectivity index (χ0) is 18.6. The summed E-state index contributed by atoms with van der Waals surface area (Å²) in [6, 6.07) is 1.84. The van der Waals surface area contributed by atoms with Gasteiger partial charge in [-0.1, -0.05) is 0 Å². The van der Waals surface area contributed by atoms with E-state index in [9.17, 15) is 9.90 Å². The zero-order valence-electron chi connectivity index (χ0n) is 14.9. The molecule has 0 bridgehead atoms. The van der Waals surface area contributed by atoms with Crippen LogP contribution >= 0.6 is 0 Å². The van der Waals surface area contributed by atoms with Crippen LogP contribution in [0, 0.1) is 6.92 Å². The predicted molar refractivity (Wildman–Crippen MR) is 97.1 cm³/mol. The van der Waals surface area contributed by atoms with E-state index < -0.39 is 5.60 Å². The lowest BCUT2D eigenvalue weighted by atomic mass is 9.92. The van der Waals surface area contributed by atoms with Gasteiger partial charge in [0.25, 0.3) is 5.91 Å². The van der Waals surface area contributed by atoms with Crippen molar-refractivity contribution in [2.75, 3.05) is 36.9 Å². The highest BCUT2D eigenvalue weighted by Crippen LogP contribution is 2.25. The van der Waals surface area contributed by atoms with Gasteiger partial charge in [0.05, 0.1) is 17.5 Å². The Balaban J connectivity index is 1.63. The molecule has 0 aromatic carbocycles. The number of β-amino-alcohol motifs (C(OH)–C–C–N with tert-alkyl or cyclic N) is 1. The number of rotatable bonds is 5. The van der Waals surface area contributed by atoms with E-state index in [-0.39, 0.29) is 18.1 Å². The maximum absolute atomic E-state index is 12.2. The van der Waals surface area contributed by atoms with E-state index in [0.717, 1.165) is 30.3 Å². The normalized spacial score (nSPS) is 19.9. The van der Waals surface area contributed by atoms with Crippen LogP contribution in [0.2, 0.25) is 0 Å². The van der Waals surface area contributed by atoms with E-state index in [1.165, 1.54) is 12.5 Å². The summed E-state index contributed by atoms with van der Waals surface area (Å²) in [7, 11) is 1.79. The van der Waals surface area contributed by atoms with Crippen LogP contribution in [0.4, 0.5) is 11.6 Å². The number of aliphatic hydroxyl groups is 1. The molecule has 2 aromatic rings. The molecule has 1 unspecified atom stereocenters. The van der Waals surface area contributed by atoms with Crippen molar-refractivity contribution in [1.29, 1.82) is 0 Å². The third-order valence-electron chi connectivity index (χ3n) is 4.38. The van der Waals surface area contributed by atoms with Gasteiger partial charge >= 0.3 is 0 Å². The fraction of sp³-hybridized carbons (Fsp3) is 0.471. The molecule has 1 aliphatic heterocycles. The topological polar surface area (TPSA) is 116 Å². The molecule has 26 heavy (non-hydrogen) atoms. The van der Waals surface area contributed by atoms with Crippen LogP contribution in [-0.2, 0) is 0 Å². The van der Waals surface area contributed by atoms with Crippen molar-refractivity contribution >= 4 is 17.5 Å². The molecule has 3 heterocycles. The van der Waals surface area contributed by atoms with Gasteiger partial charge in [-0.2, -0.15) is 0 Å². The molecule has 9 heteroatoms. The summed E-state index contributed by atoms with van der Waals surface area (Å²) in [5.74, 6) is 1.12. The van der Waals surface area contributed by atoms with Crippen LogP contribution in [0.5, 0.6) is 0 Å². The molecule has 2 aromatic heterocycles. The summed E-state index contributed by atoms with van der Waals surface area (Å²) in [4.78, 5) is 30.7. The van der Waals surface area contributed by atoms with E-state index in [1.807, 2.05) is 11.0 Å². The largest absolute Gasteiger partial charge is 0.386 e. The fourth-order valence-electron chi connectivity index (χ4n) is 2.95. The maximum atomic E-state index is 12.2. The minimum atomic E-state index is -1.03. The number of hydrogen-bond donors (Lipinski definition) is 3. The maximum Gasteiger partial charge on any atom is 0.271 e. The summed E-state index contributed by atoms with van der Waals surface area (Å²) in [6.45, 7) is 3.12. The van der Waals surface area contributed by atoms with Crippen molar-refractivity contribution in [3.05, 3.63) is 36.2 Å². The molecule has 1 atom stereocenters. The number of anilines is 2. The molecule has 3 rings (SSSR count). The number of hydrogen-bond acceptors (Lipinski definition) is 8. The molecule has 138 valence electrons. The van der Waals surface area contributed by atoms with Crippen LogP contribution in [0.25, 0.3) is 0 Å². The quantitative estimate of drug-likeness (QED) is 0.703. The van der Waals surface area contributed by atoms with Crippen LogP contribution < -0.4 is 15.5 Å². The summed E-state index contributed by atoms with van der Waals surface area (Å²) < 4.78 is 0. The summed E-state index contributed by atoms with van der Waals surface area (Å²) >= 11 is 0. The number of amides is 1. The minimum absolute atomic E-state index is 0.141. The Kier molecular flexibility index (Phi) is 5.27. The van der Waals surface area contributed by atoms with Gasteiger partial charge in [-0.3, -0.25) is 9.78 Å². The molecule has 1 amide bonds. The smallest absolute Gasteiger partial charge is 0.271 e. The van der Waals surface area contributed by atoms with E-state index >= 15 is 0 Å². The number of carbonyl (C=O) groups excluding carboxylic acids is 1. The monoisotopic (exact) mass is 357 g/mol. The van der Waals surface area contributed by atoms with Gasteiger partial charge in [-0.05, 0) is 19.8 Å². The van der Waals surface area contributed by atoms with Crippen molar-refractivity contribution in [2.24, 2.45) is 0 Å². The third kappa shape index (κ3) is 4.23. The van der Waals surface area contributed by atoms with Crippen molar-refractivity contribution < 1.29 is 9.90 Å². The van der Waals surface area contributed by atoms with Crippen molar-refractivity contribution in [1.82, 2.24) is 25.3 Å². The Morgan fingerprint density at radius 1 is 1.31 bits per heavy atom. The van der Waals surface area contributed by atoms with Crippen LogP contribution in [0.15, 0.2) is 24.8 Å². The molecule has 9 nitrogen and oxygen atoms in total. The highest BCUT2D eigenvalue weighted by molar-refractivity contribution is 5.91. The molecule has 3 N–H and O–H groups in total. The SMILES string of the molecule is CNc1cc(N2CCCC(O)(CNC(=O)c3cnc(C)cn3)C2)ncn1. The first-order valence-corrected chi connectivity index (χ1v) is 8.53. The van der Waals surface area contributed by atoms with E-state index in [2.05, 4.69) is 30.6 Å². The lowest BCUT2D eigenvalue weighted by Gasteiger charge is -2.39. The number of aromatic nitrogens is 4. The Morgan fingerprint density at radius 2 is 2.15 bits per heavy atom. The van der Waals surface area contributed by atoms with Gasteiger partial charge in [-0.25, -0.2) is 15.0 Å². The molecule has 1 aliphatic rings. The standard InChI is InChI=1S/C17H23N7O2/c1-12-7-20-13(8-19-12)16(25)21-9-17(26)4-3-5-24(10-17)15-6-14(18-2)22-11-23-15/h6-8,11,26H,3-5,9-10H2,1-2H3,(H,21,25)(H,18,22,23). The Bertz CT molecular complexity index is 768. The molecular formula is C17H23N7O2. The third-order valence-corrected chi connectivity index (χ3v) is 4.38. The average molecular weight is 357 g/mol. The summed E-state index contributed by atoms with van der Waals surface area (Å²) in [5.41, 5.74) is -0.0493. The number of nitrogens with zero attached hydrogens (tertiary/aromatic N) is 5. The molecule has 0 spiro atoms. The van der Waals surface area contributed by atoms with Crippen LogP contribution in [0.3, 0.4) is 0 Å². The molecule has 1 fully saturated rings. The van der Waals surface area contributed by atoms with Crippen molar-refractivity contribution in [3.63, 3.8) is 0 Å². The van der Waals surface area contributed by atoms with Gasteiger partial charge in [-0.15, -0.1) is 0 Å². The number of nitrogens with one attached hydrogen (secondary N) is 2. The molecule has 0 saturated carbocycles. The highest BCUT2D eigenvalue weighted by atomic mass is 16.3. The van der Waals surface area contributed by atoms with Crippen molar-refractivity contribution in [3.8, 4) is 0 Å². The Morgan fingerprint density at radius 3 is 2.88 bits per heavy atom. The van der Waals surface area contributed by atoms with Gasteiger partial charge in [0.1, 0.15) is 23.7 Å². The molecule has 0 aliphatic carbocycles. The Hall–Kier alpha value is -2.81. The van der Waals surface area contributed by atoms with E-state index in [0.29, 0.717) is 13.0 Å². The first-order valence-electron chi connectivity index (χ1n) is 8.53. The van der Waals surface area contributed by atoms with Gasteiger partial charge in [0, 0.05) is 38.9 Å². The Labute approximate surface area is 151 Å². The second-order valence-corrected chi connectivity index (χ2v) is 6.49. The first kappa shape index (κ1) is 18.0. The molecule has 1 saturated heterocycles.